The molecule has 0 bridgehead atoms. The lowest BCUT2D eigenvalue weighted by Crippen LogP contribution is -2.09. The molecule has 2 nitrogen and oxygen atoms in total. The zero-order chi connectivity index (χ0) is 13.5. The molecule has 2 aromatic rings. The number of hydrogen-bond acceptors (Lipinski definition) is 2. The van der Waals surface area contributed by atoms with Gasteiger partial charge in [0.25, 0.3) is 0 Å². The summed E-state index contributed by atoms with van der Waals surface area (Å²) in [6, 6.07) is 15.7. The maximum absolute atomic E-state index is 5.73. The molecule has 0 aromatic heterocycles. The van der Waals surface area contributed by atoms with Gasteiger partial charge in [-0.05, 0) is 30.3 Å². The highest BCUT2D eigenvalue weighted by Gasteiger charge is 2.03. The Morgan fingerprint density at radius 2 is 1.63 bits per heavy atom. The van der Waals surface area contributed by atoms with Gasteiger partial charge in [-0.1, -0.05) is 50.1 Å². The SMILES string of the molecule is BrCc1cc(Br)ccc1OCCOc1ccccc1. The highest BCUT2D eigenvalue weighted by Crippen LogP contribution is 2.25. The largest absolute Gasteiger partial charge is 0.490 e. The van der Waals surface area contributed by atoms with Crippen molar-refractivity contribution in [3.8, 4) is 11.5 Å². The lowest BCUT2D eigenvalue weighted by molar-refractivity contribution is 0.216. The van der Waals surface area contributed by atoms with Gasteiger partial charge in [0, 0.05) is 15.4 Å². The monoisotopic (exact) mass is 384 g/mol. The molecule has 100 valence electrons. The van der Waals surface area contributed by atoms with Gasteiger partial charge in [0.05, 0.1) is 0 Å². The summed E-state index contributed by atoms with van der Waals surface area (Å²) >= 11 is 6.90. The van der Waals surface area contributed by atoms with E-state index in [9.17, 15) is 0 Å². The van der Waals surface area contributed by atoms with Gasteiger partial charge >= 0.3 is 0 Å². The minimum atomic E-state index is 0.524. The van der Waals surface area contributed by atoms with Crippen molar-refractivity contribution in [1.29, 1.82) is 0 Å². The Morgan fingerprint density at radius 1 is 0.895 bits per heavy atom. The Balaban J connectivity index is 1.83. The maximum Gasteiger partial charge on any atom is 0.123 e. The van der Waals surface area contributed by atoms with E-state index in [2.05, 4.69) is 31.9 Å². The van der Waals surface area contributed by atoms with Crippen LogP contribution in [0.25, 0.3) is 0 Å². The topological polar surface area (TPSA) is 18.5 Å². The fourth-order valence-corrected chi connectivity index (χ4v) is 2.47. The molecular formula is C15H14Br2O2. The molecule has 19 heavy (non-hydrogen) atoms. The van der Waals surface area contributed by atoms with Crippen LogP contribution in [-0.4, -0.2) is 13.2 Å². The van der Waals surface area contributed by atoms with Crippen molar-refractivity contribution in [2.75, 3.05) is 13.2 Å². The van der Waals surface area contributed by atoms with E-state index in [0.29, 0.717) is 13.2 Å². The summed E-state index contributed by atoms with van der Waals surface area (Å²) in [6.45, 7) is 1.05. The number of rotatable bonds is 6. The lowest BCUT2D eigenvalue weighted by Gasteiger charge is -2.11. The van der Waals surface area contributed by atoms with Crippen molar-refractivity contribution >= 4 is 31.9 Å². The third-order valence-electron chi connectivity index (χ3n) is 2.52. The molecule has 0 radical (unpaired) electrons. The van der Waals surface area contributed by atoms with E-state index in [0.717, 1.165) is 26.9 Å². The molecule has 0 amide bonds. The lowest BCUT2D eigenvalue weighted by atomic mass is 10.2. The van der Waals surface area contributed by atoms with Gasteiger partial charge in [-0.25, -0.2) is 0 Å². The molecule has 4 heteroatoms. The van der Waals surface area contributed by atoms with Crippen molar-refractivity contribution in [3.05, 3.63) is 58.6 Å². The second-order valence-electron chi connectivity index (χ2n) is 3.90. The second kappa shape index (κ2) is 7.56. The first kappa shape index (κ1) is 14.4. The summed E-state index contributed by atoms with van der Waals surface area (Å²) < 4.78 is 12.4. The average molecular weight is 386 g/mol. The molecule has 0 heterocycles. The summed E-state index contributed by atoms with van der Waals surface area (Å²) in [7, 11) is 0. The Kier molecular flexibility index (Phi) is 5.73. The Bertz CT molecular complexity index is 515. The van der Waals surface area contributed by atoms with Gasteiger partial charge in [0.2, 0.25) is 0 Å². The molecule has 0 unspecified atom stereocenters. The predicted octanol–water partition coefficient (Wildman–Crippen LogP) is 4.80. The van der Waals surface area contributed by atoms with E-state index >= 15 is 0 Å². The molecule has 0 spiro atoms. The van der Waals surface area contributed by atoms with Crippen LogP contribution in [0.1, 0.15) is 5.56 Å². The van der Waals surface area contributed by atoms with Gasteiger partial charge in [-0.15, -0.1) is 0 Å². The first-order valence-corrected chi connectivity index (χ1v) is 7.86. The zero-order valence-electron chi connectivity index (χ0n) is 10.3. The summed E-state index contributed by atoms with van der Waals surface area (Å²) in [5.41, 5.74) is 1.12. The van der Waals surface area contributed by atoms with Crippen LogP contribution in [0.15, 0.2) is 53.0 Å². The molecule has 0 saturated carbocycles. The van der Waals surface area contributed by atoms with Crippen molar-refractivity contribution in [2.45, 2.75) is 5.33 Å². The number of halogens is 2. The third kappa shape index (κ3) is 4.55. The van der Waals surface area contributed by atoms with E-state index in [1.54, 1.807) is 0 Å². The molecule has 0 saturated heterocycles. The van der Waals surface area contributed by atoms with Crippen molar-refractivity contribution < 1.29 is 9.47 Å². The van der Waals surface area contributed by atoms with Crippen molar-refractivity contribution in [2.24, 2.45) is 0 Å². The smallest absolute Gasteiger partial charge is 0.123 e. The van der Waals surface area contributed by atoms with E-state index in [1.807, 2.05) is 48.5 Å². The third-order valence-corrected chi connectivity index (χ3v) is 3.62. The summed E-state index contributed by atoms with van der Waals surface area (Å²) in [4.78, 5) is 0. The van der Waals surface area contributed by atoms with Crippen LogP contribution in [0, 0.1) is 0 Å². The van der Waals surface area contributed by atoms with Gasteiger partial charge in [-0.3, -0.25) is 0 Å². The zero-order valence-corrected chi connectivity index (χ0v) is 13.5. The van der Waals surface area contributed by atoms with Gasteiger partial charge < -0.3 is 9.47 Å². The molecule has 2 aromatic carbocycles. The number of alkyl halides is 1. The van der Waals surface area contributed by atoms with Gasteiger partial charge in [0.15, 0.2) is 0 Å². The van der Waals surface area contributed by atoms with Crippen LogP contribution < -0.4 is 9.47 Å². The number of para-hydroxylation sites is 1. The number of hydrogen-bond donors (Lipinski definition) is 0. The van der Waals surface area contributed by atoms with Crippen LogP contribution in [0.2, 0.25) is 0 Å². The molecule has 0 N–H and O–H groups in total. The molecule has 0 aliphatic carbocycles. The van der Waals surface area contributed by atoms with E-state index in [-0.39, 0.29) is 0 Å². The standard InChI is InChI=1S/C15H14Br2O2/c16-11-12-10-13(17)6-7-15(12)19-9-8-18-14-4-2-1-3-5-14/h1-7,10H,8-9,11H2. The molecule has 2 rings (SSSR count). The van der Waals surface area contributed by atoms with Crippen LogP contribution in [0.4, 0.5) is 0 Å². The predicted molar refractivity (Wildman–Crippen MR) is 84.2 cm³/mol. The number of benzene rings is 2. The van der Waals surface area contributed by atoms with Crippen LogP contribution in [0.5, 0.6) is 11.5 Å². The summed E-state index contributed by atoms with van der Waals surface area (Å²) in [5.74, 6) is 1.75. The van der Waals surface area contributed by atoms with Crippen LogP contribution in [0.3, 0.4) is 0 Å². The Hall–Kier alpha value is -1.00. The second-order valence-corrected chi connectivity index (χ2v) is 5.37. The minimum Gasteiger partial charge on any atom is -0.490 e. The van der Waals surface area contributed by atoms with E-state index in [1.165, 1.54) is 0 Å². The van der Waals surface area contributed by atoms with Crippen molar-refractivity contribution in [1.82, 2.24) is 0 Å². The van der Waals surface area contributed by atoms with Gasteiger partial charge in [0.1, 0.15) is 24.7 Å². The average Bonchev–Trinajstić information content (AvgIpc) is 2.46. The first-order valence-electron chi connectivity index (χ1n) is 5.94. The first-order chi connectivity index (χ1) is 9.29. The number of ether oxygens (including phenoxy) is 2. The highest BCUT2D eigenvalue weighted by molar-refractivity contribution is 9.10. The Labute approximate surface area is 130 Å². The van der Waals surface area contributed by atoms with Crippen LogP contribution >= 0.6 is 31.9 Å². The highest BCUT2D eigenvalue weighted by atomic mass is 79.9. The van der Waals surface area contributed by atoms with Gasteiger partial charge in [-0.2, -0.15) is 0 Å². The van der Waals surface area contributed by atoms with Crippen molar-refractivity contribution in [3.63, 3.8) is 0 Å². The molecular weight excluding hydrogens is 372 g/mol. The van der Waals surface area contributed by atoms with E-state index in [4.69, 9.17) is 9.47 Å². The maximum atomic E-state index is 5.73. The minimum absolute atomic E-state index is 0.524. The quantitative estimate of drug-likeness (QED) is 0.525. The fraction of sp³-hybridized carbons (Fsp3) is 0.200. The van der Waals surface area contributed by atoms with E-state index < -0.39 is 0 Å². The molecule has 0 atom stereocenters. The molecule has 0 aliphatic heterocycles. The summed E-state index contributed by atoms with van der Waals surface area (Å²) in [5, 5.41) is 0.765. The summed E-state index contributed by atoms with van der Waals surface area (Å²) in [6.07, 6.45) is 0. The molecule has 0 fully saturated rings. The van der Waals surface area contributed by atoms with Crippen LogP contribution in [-0.2, 0) is 5.33 Å². The normalized spacial score (nSPS) is 10.2. The molecule has 0 aliphatic rings. The Morgan fingerprint density at radius 3 is 2.37 bits per heavy atom. The fourth-order valence-electron chi connectivity index (χ4n) is 1.62.